The number of ether oxygens (including phenoxy) is 3. The van der Waals surface area contributed by atoms with Gasteiger partial charge in [-0.2, -0.15) is 0 Å². The molecule has 0 unspecified atom stereocenters. The van der Waals surface area contributed by atoms with Gasteiger partial charge in [-0.15, -0.1) is 0 Å². The molecule has 0 saturated carbocycles. The number of esters is 1. The first-order valence-electron chi connectivity index (χ1n) is 10.9. The lowest BCUT2D eigenvalue weighted by Gasteiger charge is -2.42. The van der Waals surface area contributed by atoms with Gasteiger partial charge in [-0.1, -0.05) is 32.1 Å². The highest BCUT2D eigenvalue weighted by Crippen LogP contribution is 2.32. The van der Waals surface area contributed by atoms with Gasteiger partial charge in [0.1, 0.15) is 31.0 Å². The van der Waals surface area contributed by atoms with Gasteiger partial charge in [-0.3, -0.25) is 9.59 Å². The first kappa shape index (κ1) is 25.7. The molecule has 1 aliphatic carbocycles. The van der Waals surface area contributed by atoms with E-state index >= 15 is 0 Å². The highest BCUT2D eigenvalue weighted by Gasteiger charge is 2.46. The Morgan fingerprint density at radius 3 is 2.48 bits per heavy atom. The molecule has 2 rings (SSSR count). The zero-order valence-corrected chi connectivity index (χ0v) is 18.8. The Balaban J connectivity index is 2.25. The standard InChI is InChI=1S/C23H36O8/c1-12(2)16-8-7-14(4)17(25)9-6-13(3)10-18(16)30-23-22(28)21(27)20(26)19(31-23)11-29-15(5)24/h10,12,16,18-23,26-28H,4,6-9,11H2,1-3,5H3/b13-10+/t16-,18-,19-,20+,21+,22+,23-/m0/s1. The Kier molecular flexibility index (Phi) is 9.39. The summed E-state index contributed by atoms with van der Waals surface area (Å²) in [5.74, 6) is -0.269. The molecule has 1 fully saturated rings. The van der Waals surface area contributed by atoms with Crippen molar-refractivity contribution in [3.8, 4) is 0 Å². The van der Waals surface area contributed by atoms with Crippen molar-refractivity contribution in [3.63, 3.8) is 0 Å². The zero-order chi connectivity index (χ0) is 23.3. The SMILES string of the molecule is C=C1CC[C@@H](C(C)C)[C@@H](O[C@H]2O[C@@H](COC(C)=O)[C@@H](O)[C@@H](O)[C@H]2O)/C=C(\C)CCC1=O. The van der Waals surface area contributed by atoms with Crippen molar-refractivity contribution in [3.05, 3.63) is 23.8 Å². The van der Waals surface area contributed by atoms with Gasteiger partial charge in [0.2, 0.25) is 0 Å². The van der Waals surface area contributed by atoms with Crippen LogP contribution in [0.2, 0.25) is 0 Å². The van der Waals surface area contributed by atoms with Crippen LogP contribution in [0.25, 0.3) is 0 Å². The third-order valence-electron chi connectivity index (χ3n) is 6.06. The Morgan fingerprint density at radius 2 is 1.87 bits per heavy atom. The van der Waals surface area contributed by atoms with Crippen LogP contribution in [-0.4, -0.2) is 70.5 Å². The molecule has 176 valence electrons. The summed E-state index contributed by atoms with van der Waals surface area (Å²) in [6.45, 7) is 10.9. The molecule has 0 amide bonds. The molecule has 0 radical (unpaired) electrons. The molecule has 1 aliphatic heterocycles. The maximum Gasteiger partial charge on any atom is 0.302 e. The third-order valence-corrected chi connectivity index (χ3v) is 6.06. The fraction of sp³-hybridized carbons (Fsp3) is 0.739. The van der Waals surface area contributed by atoms with Gasteiger partial charge in [0.25, 0.3) is 0 Å². The lowest BCUT2D eigenvalue weighted by atomic mass is 9.82. The van der Waals surface area contributed by atoms with Crippen molar-refractivity contribution >= 4 is 11.8 Å². The Hall–Kier alpha value is -1.58. The van der Waals surface area contributed by atoms with Crippen LogP contribution in [0.4, 0.5) is 0 Å². The van der Waals surface area contributed by atoms with Crippen LogP contribution in [0.15, 0.2) is 23.8 Å². The second-order valence-corrected chi connectivity index (χ2v) is 8.90. The Morgan fingerprint density at radius 1 is 1.19 bits per heavy atom. The molecule has 2 aliphatic rings. The zero-order valence-electron chi connectivity index (χ0n) is 18.8. The van der Waals surface area contributed by atoms with Gasteiger partial charge in [0, 0.05) is 13.3 Å². The first-order chi connectivity index (χ1) is 14.5. The van der Waals surface area contributed by atoms with E-state index < -0.39 is 42.8 Å². The number of ketones is 1. The number of aliphatic hydroxyl groups is 3. The molecule has 0 aromatic heterocycles. The van der Waals surface area contributed by atoms with Crippen LogP contribution in [-0.2, 0) is 23.8 Å². The summed E-state index contributed by atoms with van der Waals surface area (Å²) in [5, 5.41) is 31.0. The topological polar surface area (TPSA) is 123 Å². The molecule has 31 heavy (non-hydrogen) atoms. The van der Waals surface area contributed by atoms with Crippen molar-refractivity contribution in [1.82, 2.24) is 0 Å². The summed E-state index contributed by atoms with van der Waals surface area (Å²) >= 11 is 0. The second-order valence-electron chi connectivity index (χ2n) is 8.90. The molecule has 0 spiro atoms. The van der Waals surface area contributed by atoms with E-state index in [1.165, 1.54) is 6.92 Å². The minimum Gasteiger partial charge on any atom is -0.463 e. The van der Waals surface area contributed by atoms with Crippen LogP contribution in [0.1, 0.15) is 53.4 Å². The fourth-order valence-electron chi connectivity index (χ4n) is 3.99. The molecule has 8 nitrogen and oxygen atoms in total. The van der Waals surface area contributed by atoms with Gasteiger partial charge in [0.05, 0.1) is 6.10 Å². The maximum absolute atomic E-state index is 12.2. The van der Waals surface area contributed by atoms with Crippen LogP contribution in [0, 0.1) is 11.8 Å². The highest BCUT2D eigenvalue weighted by atomic mass is 16.7. The summed E-state index contributed by atoms with van der Waals surface area (Å²) in [6.07, 6.45) is -2.99. The number of allylic oxidation sites excluding steroid dienone is 2. The molecule has 1 heterocycles. The van der Waals surface area contributed by atoms with E-state index in [-0.39, 0.29) is 24.2 Å². The molecule has 0 aromatic rings. The number of Topliss-reactive ketones (excluding diaryl/α,β-unsaturated/α-hetero) is 1. The van der Waals surface area contributed by atoms with Crippen LogP contribution < -0.4 is 0 Å². The van der Waals surface area contributed by atoms with Crippen molar-refractivity contribution in [2.45, 2.75) is 90.2 Å². The molecule has 8 heteroatoms. The van der Waals surface area contributed by atoms with Gasteiger partial charge >= 0.3 is 5.97 Å². The van der Waals surface area contributed by atoms with Crippen molar-refractivity contribution in [2.24, 2.45) is 11.8 Å². The smallest absolute Gasteiger partial charge is 0.302 e. The predicted octanol–water partition coefficient (Wildman–Crippen LogP) is 1.66. The number of carbonyl (C=O) groups is 2. The minimum absolute atomic E-state index is 0.00399. The quantitative estimate of drug-likeness (QED) is 0.335. The Labute approximate surface area is 183 Å². The minimum atomic E-state index is -1.51. The molecule has 3 N–H and O–H groups in total. The number of rotatable bonds is 5. The van der Waals surface area contributed by atoms with Crippen molar-refractivity contribution in [1.29, 1.82) is 0 Å². The average molecular weight is 441 g/mol. The third kappa shape index (κ3) is 6.95. The van der Waals surface area contributed by atoms with Crippen molar-refractivity contribution < 1.29 is 39.1 Å². The van der Waals surface area contributed by atoms with E-state index in [2.05, 4.69) is 20.4 Å². The van der Waals surface area contributed by atoms with E-state index in [1.54, 1.807) is 0 Å². The number of hydrogen-bond donors (Lipinski definition) is 3. The lowest BCUT2D eigenvalue weighted by Crippen LogP contribution is -2.60. The van der Waals surface area contributed by atoms with Crippen LogP contribution in [0.5, 0.6) is 0 Å². The van der Waals surface area contributed by atoms with Crippen LogP contribution in [0.3, 0.4) is 0 Å². The monoisotopic (exact) mass is 440 g/mol. The maximum atomic E-state index is 12.2. The van der Waals surface area contributed by atoms with Gasteiger partial charge in [-0.05, 0) is 43.6 Å². The summed E-state index contributed by atoms with van der Waals surface area (Å²) in [4.78, 5) is 23.3. The van der Waals surface area contributed by atoms with Crippen LogP contribution >= 0.6 is 0 Å². The highest BCUT2D eigenvalue weighted by molar-refractivity contribution is 5.94. The molecule has 0 aromatic carbocycles. The van der Waals surface area contributed by atoms with Crippen molar-refractivity contribution in [2.75, 3.05) is 6.61 Å². The summed E-state index contributed by atoms with van der Waals surface area (Å²) in [7, 11) is 0. The molecule has 1 saturated heterocycles. The van der Waals surface area contributed by atoms with E-state index in [1.807, 2.05) is 13.0 Å². The van der Waals surface area contributed by atoms with Gasteiger partial charge in [0.15, 0.2) is 12.1 Å². The molecule has 0 bridgehead atoms. The summed E-state index contributed by atoms with van der Waals surface area (Å²) < 4.78 is 16.8. The van der Waals surface area contributed by atoms with E-state index in [4.69, 9.17) is 14.2 Å². The summed E-state index contributed by atoms with van der Waals surface area (Å²) in [6, 6.07) is 0. The second kappa shape index (κ2) is 11.3. The molecular weight excluding hydrogens is 404 g/mol. The van der Waals surface area contributed by atoms with Gasteiger partial charge < -0.3 is 29.5 Å². The molecular formula is C23H36O8. The Bertz CT molecular complexity index is 685. The van der Waals surface area contributed by atoms with E-state index in [9.17, 15) is 24.9 Å². The predicted molar refractivity (Wildman–Crippen MR) is 113 cm³/mol. The van der Waals surface area contributed by atoms with E-state index in [0.717, 1.165) is 5.57 Å². The van der Waals surface area contributed by atoms with Gasteiger partial charge in [-0.25, -0.2) is 0 Å². The average Bonchev–Trinajstić information content (AvgIpc) is 2.70. The largest absolute Gasteiger partial charge is 0.463 e. The fourth-order valence-corrected chi connectivity index (χ4v) is 3.99. The molecule has 7 atom stereocenters. The lowest BCUT2D eigenvalue weighted by molar-refractivity contribution is -0.312. The number of carbonyl (C=O) groups excluding carboxylic acids is 2. The summed E-state index contributed by atoms with van der Waals surface area (Å²) in [5.41, 5.74) is 1.58. The normalized spacial score (nSPS) is 37.3. The first-order valence-corrected chi connectivity index (χ1v) is 10.9. The van der Waals surface area contributed by atoms with E-state index in [0.29, 0.717) is 31.3 Å². The number of hydrogen-bond acceptors (Lipinski definition) is 8. The number of aliphatic hydroxyl groups excluding tert-OH is 3.